The Morgan fingerprint density at radius 2 is 2.00 bits per heavy atom. The monoisotopic (exact) mass is 394 g/mol. The lowest BCUT2D eigenvalue weighted by Gasteiger charge is -2.32. The van der Waals surface area contributed by atoms with Gasteiger partial charge < -0.3 is 15.3 Å². The van der Waals surface area contributed by atoms with E-state index in [2.05, 4.69) is 25.5 Å². The van der Waals surface area contributed by atoms with Crippen LogP contribution in [0.2, 0.25) is 0 Å². The Labute approximate surface area is 167 Å². The van der Waals surface area contributed by atoms with Gasteiger partial charge in [-0.1, -0.05) is 12.1 Å². The highest BCUT2D eigenvalue weighted by Gasteiger charge is 2.26. The van der Waals surface area contributed by atoms with Crippen LogP contribution in [-0.4, -0.2) is 49.9 Å². The largest absolute Gasteiger partial charge is 0.481 e. The number of rotatable bonds is 6. The van der Waals surface area contributed by atoms with Crippen molar-refractivity contribution in [3.63, 3.8) is 0 Å². The molecule has 150 valence electrons. The second kappa shape index (κ2) is 8.26. The normalized spacial score (nSPS) is 14.8. The Balaban J connectivity index is 1.33. The number of benzene rings is 1. The van der Waals surface area contributed by atoms with E-state index in [0.717, 1.165) is 37.3 Å². The Kier molecular flexibility index (Phi) is 5.37. The molecule has 9 nitrogen and oxygen atoms in total. The fraction of sp³-hybridized carbons (Fsp3) is 0.350. The number of amides is 1. The molecule has 1 aliphatic heterocycles. The van der Waals surface area contributed by atoms with Crippen molar-refractivity contribution >= 4 is 29.0 Å². The van der Waals surface area contributed by atoms with Gasteiger partial charge in [-0.25, -0.2) is 0 Å². The zero-order chi connectivity index (χ0) is 20.2. The van der Waals surface area contributed by atoms with Gasteiger partial charge in [0.05, 0.1) is 0 Å². The van der Waals surface area contributed by atoms with Crippen LogP contribution in [0.15, 0.2) is 42.7 Å². The first-order valence-corrected chi connectivity index (χ1v) is 9.62. The smallest absolute Gasteiger partial charge is 0.303 e. The minimum absolute atomic E-state index is 0.00209. The maximum Gasteiger partial charge on any atom is 0.303 e. The maximum absolute atomic E-state index is 12.7. The van der Waals surface area contributed by atoms with Crippen LogP contribution < -0.4 is 10.2 Å². The van der Waals surface area contributed by atoms with E-state index in [0.29, 0.717) is 17.8 Å². The van der Waals surface area contributed by atoms with E-state index in [1.807, 2.05) is 36.4 Å². The van der Waals surface area contributed by atoms with E-state index >= 15 is 0 Å². The number of piperidine rings is 1. The summed E-state index contributed by atoms with van der Waals surface area (Å²) in [5.74, 6) is -0.0405. The Hall–Kier alpha value is -3.49. The van der Waals surface area contributed by atoms with Gasteiger partial charge in [-0.2, -0.15) is 4.52 Å². The van der Waals surface area contributed by atoms with Crippen molar-refractivity contribution in [3.8, 4) is 0 Å². The van der Waals surface area contributed by atoms with Gasteiger partial charge in [-0.15, -0.1) is 15.3 Å². The number of fused-ring (bicyclic) bond motifs is 1. The van der Waals surface area contributed by atoms with Crippen molar-refractivity contribution in [3.05, 3.63) is 48.3 Å². The van der Waals surface area contributed by atoms with Gasteiger partial charge in [-0.05, 0) is 49.1 Å². The van der Waals surface area contributed by atoms with Crippen molar-refractivity contribution in [1.29, 1.82) is 0 Å². The lowest BCUT2D eigenvalue weighted by molar-refractivity contribution is -0.137. The SMILES string of the molecule is O=C(O)CCc1cccc(NC(=O)C2CCN(c3ccc4nncn4n3)CC2)c1. The summed E-state index contributed by atoms with van der Waals surface area (Å²) in [6.07, 6.45) is 3.58. The van der Waals surface area contributed by atoms with E-state index in [9.17, 15) is 9.59 Å². The van der Waals surface area contributed by atoms with Crippen molar-refractivity contribution < 1.29 is 14.7 Å². The topological polar surface area (TPSA) is 113 Å². The number of anilines is 2. The Bertz CT molecular complexity index is 1030. The zero-order valence-electron chi connectivity index (χ0n) is 15.9. The van der Waals surface area contributed by atoms with Crippen LogP contribution in [0, 0.1) is 5.92 Å². The van der Waals surface area contributed by atoms with E-state index in [1.165, 1.54) is 0 Å². The van der Waals surface area contributed by atoms with Crippen LogP contribution in [0.1, 0.15) is 24.8 Å². The van der Waals surface area contributed by atoms with E-state index in [-0.39, 0.29) is 18.2 Å². The predicted octanol–water partition coefficient (Wildman–Crippen LogP) is 2.00. The summed E-state index contributed by atoms with van der Waals surface area (Å²) in [7, 11) is 0. The summed E-state index contributed by atoms with van der Waals surface area (Å²) in [4.78, 5) is 25.6. The molecule has 0 unspecified atom stereocenters. The van der Waals surface area contributed by atoms with Gasteiger partial charge in [-0.3, -0.25) is 9.59 Å². The average molecular weight is 394 g/mol. The first-order valence-electron chi connectivity index (χ1n) is 9.62. The molecule has 2 aromatic heterocycles. The third-order valence-electron chi connectivity index (χ3n) is 5.16. The van der Waals surface area contributed by atoms with Crippen LogP contribution in [0.5, 0.6) is 0 Å². The molecule has 3 heterocycles. The van der Waals surface area contributed by atoms with Crippen molar-refractivity contribution in [2.75, 3.05) is 23.3 Å². The van der Waals surface area contributed by atoms with E-state index in [4.69, 9.17) is 5.11 Å². The molecule has 29 heavy (non-hydrogen) atoms. The number of nitrogens with zero attached hydrogens (tertiary/aromatic N) is 5. The number of hydrogen-bond acceptors (Lipinski definition) is 6. The highest BCUT2D eigenvalue weighted by molar-refractivity contribution is 5.92. The quantitative estimate of drug-likeness (QED) is 0.657. The van der Waals surface area contributed by atoms with Gasteiger partial charge >= 0.3 is 5.97 Å². The van der Waals surface area contributed by atoms with Crippen molar-refractivity contribution in [1.82, 2.24) is 19.8 Å². The highest BCUT2D eigenvalue weighted by Crippen LogP contribution is 2.23. The third-order valence-corrected chi connectivity index (χ3v) is 5.16. The zero-order valence-corrected chi connectivity index (χ0v) is 15.9. The summed E-state index contributed by atoms with van der Waals surface area (Å²) in [5.41, 5.74) is 2.31. The summed E-state index contributed by atoms with van der Waals surface area (Å²) >= 11 is 0. The van der Waals surface area contributed by atoms with E-state index in [1.54, 1.807) is 10.8 Å². The fourth-order valence-electron chi connectivity index (χ4n) is 3.56. The molecule has 1 aliphatic rings. The molecule has 0 saturated carbocycles. The number of carbonyl (C=O) groups is 2. The fourth-order valence-corrected chi connectivity index (χ4v) is 3.56. The number of hydrogen-bond donors (Lipinski definition) is 2. The molecule has 4 rings (SSSR count). The van der Waals surface area contributed by atoms with Gasteiger partial charge in [0.25, 0.3) is 0 Å². The van der Waals surface area contributed by atoms with Crippen LogP contribution in [0.4, 0.5) is 11.5 Å². The molecule has 1 amide bonds. The number of nitrogens with one attached hydrogen (secondary N) is 1. The molecule has 0 radical (unpaired) electrons. The van der Waals surface area contributed by atoms with Crippen molar-refractivity contribution in [2.45, 2.75) is 25.7 Å². The average Bonchev–Trinajstić information content (AvgIpc) is 3.20. The first kappa shape index (κ1) is 18.9. The number of aryl methyl sites for hydroxylation is 1. The van der Waals surface area contributed by atoms with Gasteiger partial charge in [0.1, 0.15) is 12.1 Å². The van der Waals surface area contributed by atoms with E-state index < -0.39 is 5.97 Å². The van der Waals surface area contributed by atoms with Crippen LogP contribution in [0.3, 0.4) is 0 Å². The lowest BCUT2D eigenvalue weighted by atomic mass is 9.95. The predicted molar refractivity (Wildman–Crippen MR) is 107 cm³/mol. The molecule has 2 N–H and O–H groups in total. The number of aromatic nitrogens is 4. The summed E-state index contributed by atoms with van der Waals surface area (Å²) in [6, 6.07) is 11.2. The molecule has 0 atom stereocenters. The molecule has 0 bridgehead atoms. The molecule has 1 aromatic carbocycles. The van der Waals surface area contributed by atoms with Crippen LogP contribution in [-0.2, 0) is 16.0 Å². The van der Waals surface area contributed by atoms with Gasteiger partial charge in [0.15, 0.2) is 5.65 Å². The Morgan fingerprint density at radius 1 is 1.17 bits per heavy atom. The molecule has 0 spiro atoms. The molecule has 0 aliphatic carbocycles. The standard InChI is InChI=1S/C20H22N6O3/c27-19(28)7-4-14-2-1-3-16(12-14)22-20(29)15-8-10-25(11-9-15)18-6-5-17-23-21-13-26(17)24-18/h1-3,5-6,12-13,15H,4,7-11H2,(H,22,29)(H,27,28). The van der Waals surface area contributed by atoms with Gasteiger partial charge in [0.2, 0.25) is 5.91 Å². The minimum Gasteiger partial charge on any atom is -0.481 e. The summed E-state index contributed by atoms with van der Waals surface area (Å²) < 4.78 is 1.64. The van der Waals surface area contributed by atoms with Crippen LogP contribution in [0.25, 0.3) is 5.65 Å². The summed E-state index contributed by atoms with van der Waals surface area (Å²) in [5, 5.41) is 24.1. The summed E-state index contributed by atoms with van der Waals surface area (Å²) in [6.45, 7) is 1.49. The van der Waals surface area contributed by atoms with Crippen LogP contribution >= 0.6 is 0 Å². The Morgan fingerprint density at radius 3 is 2.79 bits per heavy atom. The molecular weight excluding hydrogens is 372 g/mol. The molecule has 1 saturated heterocycles. The van der Waals surface area contributed by atoms with Gasteiger partial charge in [0, 0.05) is 31.1 Å². The lowest BCUT2D eigenvalue weighted by Crippen LogP contribution is -2.38. The number of carboxylic acid groups (broad SMARTS) is 1. The third kappa shape index (κ3) is 4.50. The second-order valence-corrected chi connectivity index (χ2v) is 7.17. The molecule has 3 aromatic rings. The maximum atomic E-state index is 12.7. The molecular formula is C20H22N6O3. The first-order chi connectivity index (χ1) is 14.1. The number of aliphatic carboxylic acids is 1. The molecule has 1 fully saturated rings. The number of carboxylic acids is 1. The molecule has 9 heteroatoms. The minimum atomic E-state index is -0.830. The van der Waals surface area contributed by atoms with Crippen molar-refractivity contribution in [2.24, 2.45) is 5.92 Å². The highest BCUT2D eigenvalue weighted by atomic mass is 16.4. The number of carbonyl (C=O) groups excluding carboxylic acids is 1. The second-order valence-electron chi connectivity index (χ2n) is 7.17.